The first kappa shape index (κ1) is 15.4. The maximum Gasteiger partial charge on any atom is 0.307 e. The van der Waals surface area contributed by atoms with Crippen molar-refractivity contribution in [2.75, 3.05) is 13.1 Å². The van der Waals surface area contributed by atoms with Crippen molar-refractivity contribution in [3.05, 3.63) is 16.6 Å². The first-order valence-corrected chi connectivity index (χ1v) is 8.61. The summed E-state index contributed by atoms with van der Waals surface area (Å²) in [6.07, 6.45) is 2.69. The van der Waals surface area contributed by atoms with E-state index < -0.39 is 28.1 Å². The molecule has 0 spiro atoms. The SMILES string of the molecule is CC(NS(=O)(=O)N1CCCC(C(=O)O)C1)c1nccs1. The first-order valence-electron chi connectivity index (χ1n) is 6.30. The Morgan fingerprint density at radius 2 is 2.40 bits per heavy atom. The molecule has 1 saturated heterocycles. The van der Waals surface area contributed by atoms with Crippen LogP contribution in [-0.2, 0) is 15.0 Å². The molecule has 20 heavy (non-hydrogen) atoms. The Kier molecular flexibility index (Phi) is 4.74. The van der Waals surface area contributed by atoms with Gasteiger partial charge in [-0.05, 0) is 19.8 Å². The minimum Gasteiger partial charge on any atom is -0.481 e. The van der Waals surface area contributed by atoms with Gasteiger partial charge in [0.25, 0.3) is 10.2 Å². The number of thiazole rings is 1. The molecule has 2 atom stereocenters. The topological polar surface area (TPSA) is 99.6 Å². The molecule has 7 nitrogen and oxygen atoms in total. The minimum absolute atomic E-state index is 0.0231. The summed E-state index contributed by atoms with van der Waals surface area (Å²) in [5.41, 5.74) is 0. The van der Waals surface area contributed by atoms with Gasteiger partial charge in [-0.3, -0.25) is 4.79 Å². The number of hydrogen-bond donors (Lipinski definition) is 2. The van der Waals surface area contributed by atoms with E-state index in [1.807, 2.05) is 0 Å². The van der Waals surface area contributed by atoms with Crippen LogP contribution in [0.1, 0.15) is 30.8 Å². The van der Waals surface area contributed by atoms with Crippen molar-refractivity contribution >= 4 is 27.5 Å². The summed E-state index contributed by atoms with van der Waals surface area (Å²) in [7, 11) is -3.69. The van der Waals surface area contributed by atoms with Gasteiger partial charge >= 0.3 is 5.97 Å². The lowest BCUT2D eigenvalue weighted by Crippen LogP contribution is -2.47. The van der Waals surface area contributed by atoms with E-state index in [9.17, 15) is 13.2 Å². The highest BCUT2D eigenvalue weighted by Gasteiger charge is 2.33. The summed E-state index contributed by atoms with van der Waals surface area (Å²) in [6, 6.07) is -0.426. The lowest BCUT2D eigenvalue weighted by molar-refractivity contribution is -0.142. The highest BCUT2D eigenvalue weighted by Crippen LogP contribution is 2.21. The van der Waals surface area contributed by atoms with Gasteiger partial charge in [-0.15, -0.1) is 11.3 Å². The van der Waals surface area contributed by atoms with Crippen molar-refractivity contribution in [2.45, 2.75) is 25.8 Å². The molecule has 0 aromatic carbocycles. The number of aliphatic carboxylic acids is 1. The van der Waals surface area contributed by atoms with Crippen LogP contribution in [0.5, 0.6) is 0 Å². The quantitative estimate of drug-likeness (QED) is 0.837. The fourth-order valence-corrected chi connectivity index (χ4v) is 4.33. The van der Waals surface area contributed by atoms with Crippen LogP contribution in [-0.4, -0.2) is 41.9 Å². The fourth-order valence-electron chi connectivity index (χ4n) is 2.16. The average molecular weight is 319 g/mol. The second-order valence-electron chi connectivity index (χ2n) is 4.75. The van der Waals surface area contributed by atoms with Crippen molar-refractivity contribution in [1.29, 1.82) is 0 Å². The molecule has 9 heteroatoms. The Balaban J connectivity index is 2.04. The molecule has 0 saturated carbocycles. The van der Waals surface area contributed by atoms with Crippen molar-refractivity contribution < 1.29 is 18.3 Å². The number of nitrogens with one attached hydrogen (secondary N) is 1. The molecular formula is C11H17N3O4S2. The van der Waals surface area contributed by atoms with E-state index in [1.54, 1.807) is 18.5 Å². The number of carboxylic acid groups (broad SMARTS) is 1. The summed E-state index contributed by atoms with van der Waals surface area (Å²) in [5.74, 6) is -1.58. The Hall–Kier alpha value is -1.03. The van der Waals surface area contributed by atoms with Crippen LogP contribution >= 0.6 is 11.3 Å². The molecule has 1 fully saturated rings. The third-order valence-electron chi connectivity index (χ3n) is 3.22. The predicted molar refractivity (Wildman–Crippen MR) is 74.5 cm³/mol. The van der Waals surface area contributed by atoms with Gasteiger partial charge in [0, 0.05) is 24.7 Å². The Morgan fingerprint density at radius 3 is 3.00 bits per heavy atom. The van der Waals surface area contributed by atoms with Crippen LogP contribution < -0.4 is 4.72 Å². The monoisotopic (exact) mass is 319 g/mol. The zero-order chi connectivity index (χ0) is 14.8. The van der Waals surface area contributed by atoms with Crippen LogP contribution in [0, 0.1) is 5.92 Å². The number of carbonyl (C=O) groups is 1. The van der Waals surface area contributed by atoms with Crippen LogP contribution in [0.4, 0.5) is 0 Å². The Labute approximate surface area is 121 Å². The fraction of sp³-hybridized carbons (Fsp3) is 0.636. The molecular weight excluding hydrogens is 302 g/mol. The van der Waals surface area contributed by atoms with Crippen molar-refractivity contribution in [1.82, 2.24) is 14.0 Å². The molecule has 0 bridgehead atoms. The number of carboxylic acids is 1. The molecule has 2 N–H and O–H groups in total. The standard InChI is InChI=1S/C11H17N3O4S2/c1-8(10-12-4-6-19-10)13-20(17,18)14-5-2-3-9(7-14)11(15)16/h4,6,8-9,13H,2-3,5,7H2,1H3,(H,15,16). The highest BCUT2D eigenvalue weighted by atomic mass is 32.2. The van der Waals surface area contributed by atoms with E-state index in [0.29, 0.717) is 24.4 Å². The summed E-state index contributed by atoms with van der Waals surface area (Å²) < 4.78 is 28.3. The lowest BCUT2D eigenvalue weighted by Gasteiger charge is -2.30. The van der Waals surface area contributed by atoms with Crippen molar-refractivity contribution in [3.63, 3.8) is 0 Å². The largest absolute Gasteiger partial charge is 0.481 e. The smallest absolute Gasteiger partial charge is 0.307 e. The number of aromatic nitrogens is 1. The van der Waals surface area contributed by atoms with Crippen LogP contribution in [0.2, 0.25) is 0 Å². The maximum atomic E-state index is 12.3. The third kappa shape index (κ3) is 3.54. The molecule has 2 unspecified atom stereocenters. The van der Waals surface area contributed by atoms with Crippen molar-refractivity contribution in [3.8, 4) is 0 Å². The molecule has 1 aromatic heterocycles. The second kappa shape index (κ2) is 6.17. The van der Waals surface area contributed by atoms with Crippen molar-refractivity contribution in [2.24, 2.45) is 5.92 Å². The summed E-state index contributed by atoms with van der Waals surface area (Å²) in [5, 5.41) is 11.5. The van der Waals surface area contributed by atoms with Crippen LogP contribution in [0.15, 0.2) is 11.6 Å². The number of nitrogens with zero attached hydrogens (tertiary/aromatic N) is 2. The molecule has 1 aromatic rings. The van der Waals surface area contributed by atoms with E-state index in [4.69, 9.17) is 5.11 Å². The highest BCUT2D eigenvalue weighted by molar-refractivity contribution is 7.87. The number of rotatable bonds is 5. The van der Waals surface area contributed by atoms with Gasteiger partial charge in [0.15, 0.2) is 0 Å². The number of piperidine rings is 1. The third-order valence-corrected chi connectivity index (χ3v) is 5.84. The van der Waals surface area contributed by atoms with E-state index >= 15 is 0 Å². The normalized spacial score (nSPS) is 22.6. The molecule has 0 aliphatic carbocycles. The van der Waals surface area contributed by atoms with E-state index in [-0.39, 0.29) is 6.54 Å². The molecule has 1 aliphatic rings. The Morgan fingerprint density at radius 1 is 1.65 bits per heavy atom. The Bertz CT molecular complexity index is 558. The van der Waals surface area contributed by atoms with E-state index in [1.165, 1.54) is 15.6 Å². The van der Waals surface area contributed by atoms with E-state index in [2.05, 4.69) is 9.71 Å². The van der Waals surface area contributed by atoms with Gasteiger partial charge < -0.3 is 5.11 Å². The minimum atomic E-state index is -3.69. The summed E-state index contributed by atoms with van der Waals surface area (Å²) >= 11 is 1.37. The number of hydrogen-bond acceptors (Lipinski definition) is 5. The maximum absolute atomic E-state index is 12.3. The van der Waals surface area contributed by atoms with Crippen LogP contribution in [0.25, 0.3) is 0 Å². The van der Waals surface area contributed by atoms with E-state index in [0.717, 1.165) is 0 Å². The second-order valence-corrected chi connectivity index (χ2v) is 7.38. The van der Waals surface area contributed by atoms with Gasteiger partial charge in [0.2, 0.25) is 0 Å². The molecule has 0 amide bonds. The summed E-state index contributed by atoms with van der Waals surface area (Å²) in [4.78, 5) is 15.1. The first-order chi connectivity index (χ1) is 9.40. The van der Waals surface area contributed by atoms with Crippen LogP contribution in [0.3, 0.4) is 0 Å². The molecule has 1 aliphatic heterocycles. The van der Waals surface area contributed by atoms with Gasteiger partial charge in [-0.1, -0.05) is 0 Å². The molecule has 2 heterocycles. The zero-order valence-corrected chi connectivity index (χ0v) is 12.7. The van der Waals surface area contributed by atoms with Gasteiger partial charge in [0.1, 0.15) is 5.01 Å². The zero-order valence-electron chi connectivity index (χ0n) is 11.0. The van der Waals surface area contributed by atoms with Gasteiger partial charge in [-0.25, -0.2) is 4.98 Å². The molecule has 112 valence electrons. The average Bonchev–Trinajstić information content (AvgIpc) is 2.92. The summed E-state index contributed by atoms with van der Waals surface area (Å²) in [6.45, 7) is 2.09. The lowest BCUT2D eigenvalue weighted by atomic mass is 10.0. The van der Waals surface area contributed by atoms with Gasteiger partial charge in [0.05, 0.1) is 12.0 Å². The molecule has 0 radical (unpaired) electrons. The predicted octanol–water partition coefficient (Wildman–Crippen LogP) is 0.835. The van der Waals surface area contributed by atoms with Gasteiger partial charge in [-0.2, -0.15) is 17.4 Å². The molecule has 2 rings (SSSR count).